The zero-order valence-corrected chi connectivity index (χ0v) is 17.0. The lowest BCUT2D eigenvalue weighted by molar-refractivity contribution is 0.0996. The largest absolute Gasteiger partial charge is 0.459 e. The molecule has 6 heteroatoms. The van der Waals surface area contributed by atoms with E-state index in [1.165, 1.54) is 16.7 Å². The summed E-state index contributed by atoms with van der Waals surface area (Å²) in [5.41, 5.74) is 2.40. The molecule has 4 rings (SSSR count). The fourth-order valence-corrected chi connectivity index (χ4v) is 4.65. The van der Waals surface area contributed by atoms with E-state index in [4.69, 9.17) is 4.42 Å². The van der Waals surface area contributed by atoms with Crippen molar-refractivity contribution in [2.45, 2.75) is 13.0 Å². The van der Waals surface area contributed by atoms with Gasteiger partial charge in [0.25, 0.3) is 5.91 Å². The third-order valence-corrected chi connectivity index (χ3v) is 6.15. The van der Waals surface area contributed by atoms with Crippen molar-refractivity contribution in [3.05, 3.63) is 76.6 Å². The second-order valence-corrected chi connectivity index (χ2v) is 8.48. The SMILES string of the molecule is Cc1cc([C@@H](c2ccccc2)N2CCN(C)CC2)c(NC(=O)c2ccco2)s1. The summed E-state index contributed by atoms with van der Waals surface area (Å²) in [6.45, 7) is 6.16. The first-order valence-corrected chi connectivity index (χ1v) is 10.4. The molecule has 1 amide bonds. The molecule has 0 aliphatic carbocycles. The molecule has 0 saturated carbocycles. The number of piperazine rings is 1. The van der Waals surface area contributed by atoms with Gasteiger partial charge in [-0.1, -0.05) is 30.3 Å². The molecule has 2 aromatic heterocycles. The number of nitrogens with zero attached hydrogens (tertiary/aromatic N) is 2. The number of carbonyl (C=O) groups is 1. The lowest BCUT2D eigenvalue weighted by atomic mass is 9.97. The molecule has 1 atom stereocenters. The van der Waals surface area contributed by atoms with Gasteiger partial charge in [0.1, 0.15) is 5.00 Å². The van der Waals surface area contributed by atoms with Gasteiger partial charge in [-0.05, 0) is 37.7 Å². The number of hydrogen-bond acceptors (Lipinski definition) is 5. The van der Waals surface area contributed by atoms with Gasteiger partial charge in [0, 0.05) is 36.6 Å². The summed E-state index contributed by atoms with van der Waals surface area (Å²) in [4.78, 5) is 18.6. The molecule has 28 heavy (non-hydrogen) atoms. The normalized spacial score (nSPS) is 16.8. The van der Waals surface area contributed by atoms with Crippen LogP contribution >= 0.6 is 11.3 Å². The molecule has 1 N–H and O–H groups in total. The van der Waals surface area contributed by atoms with Crippen molar-refractivity contribution in [3.8, 4) is 0 Å². The van der Waals surface area contributed by atoms with E-state index < -0.39 is 0 Å². The maximum absolute atomic E-state index is 12.6. The van der Waals surface area contributed by atoms with Crippen molar-refractivity contribution < 1.29 is 9.21 Å². The van der Waals surface area contributed by atoms with Crippen LogP contribution in [0, 0.1) is 6.92 Å². The summed E-state index contributed by atoms with van der Waals surface area (Å²) in [5.74, 6) is 0.117. The molecule has 1 aromatic carbocycles. The molecule has 146 valence electrons. The van der Waals surface area contributed by atoms with Crippen LogP contribution in [0.5, 0.6) is 0 Å². The quantitative estimate of drug-likeness (QED) is 0.702. The minimum atomic E-state index is -0.210. The number of benzene rings is 1. The molecule has 1 saturated heterocycles. The monoisotopic (exact) mass is 395 g/mol. The summed E-state index contributed by atoms with van der Waals surface area (Å²) < 4.78 is 5.26. The van der Waals surface area contributed by atoms with Gasteiger partial charge in [-0.3, -0.25) is 9.69 Å². The summed E-state index contributed by atoms with van der Waals surface area (Å²) in [5, 5.41) is 3.98. The van der Waals surface area contributed by atoms with Crippen molar-refractivity contribution in [2.75, 3.05) is 38.5 Å². The zero-order chi connectivity index (χ0) is 19.5. The van der Waals surface area contributed by atoms with E-state index >= 15 is 0 Å². The molecular formula is C22H25N3O2S. The van der Waals surface area contributed by atoms with Crippen LogP contribution in [0.4, 0.5) is 5.00 Å². The zero-order valence-electron chi connectivity index (χ0n) is 16.2. The predicted molar refractivity (Wildman–Crippen MR) is 113 cm³/mol. The average molecular weight is 396 g/mol. The molecule has 0 spiro atoms. The smallest absolute Gasteiger partial charge is 0.291 e. The van der Waals surface area contributed by atoms with Crippen LogP contribution in [-0.2, 0) is 0 Å². The van der Waals surface area contributed by atoms with E-state index in [1.54, 1.807) is 23.5 Å². The van der Waals surface area contributed by atoms with E-state index in [9.17, 15) is 4.79 Å². The number of likely N-dealkylation sites (N-methyl/N-ethyl adjacent to an activating group) is 1. The van der Waals surface area contributed by atoms with Crippen molar-refractivity contribution in [3.63, 3.8) is 0 Å². The Hall–Kier alpha value is -2.41. The van der Waals surface area contributed by atoms with Crippen LogP contribution in [-0.4, -0.2) is 48.9 Å². The first-order valence-electron chi connectivity index (χ1n) is 9.54. The third-order valence-electron chi connectivity index (χ3n) is 5.17. The second-order valence-electron chi connectivity index (χ2n) is 7.23. The van der Waals surface area contributed by atoms with Crippen LogP contribution in [0.3, 0.4) is 0 Å². The summed E-state index contributed by atoms with van der Waals surface area (Å²) in [6.07, 6.45) is 1.52. The highest BCUT2D eigenvalue weighted by molar-refractivity contribution is 7.16. The maximum Gasteiger partial charge on any atom is 0.291 e. The van der Waals surface area contributed by atoms with Crippen LogP contribution in [0.2, 0.25) is 0 Å². The Bertz CT molecular complexity index is 913. The van der Waals surface area contributed by atoms with Gasteiger partial charge in [-0.15, -0.1) is 11.3 Å². The number of thiophene rings is 1. The molecular weight excluding hydrogens is 370 g/mol. The highest BCUT2D eigenvalue weighted by atomic mass is 32.1. The highest BCUT2D eigenvalue weighted by Crippen LogP contribution is 2.39. The van der Waals surface area contributed by atoms with Gasteiger partial charge in [-0.25, -0.2) is 0 Å². The molecule has 3 heterocycles. The molecule has 0 bridgehead atoms. The number of hydrogen-bond donors (Lipinski definition) is 1. The van der Waals surface area contributed by atoms with E-state index in [0.717, 1.165) is 36.7 Å². The average Bonchev–Trinajstić information content (AvgIpc) is 3.35. The van der Waals surface area contributed by atoms with E-state index in [1.807, 2.05) is 6.07 Å². The van der Waals surface area contributed by atoms with Crippen molar-refractivity contribution in [1.82, 2.24) is 9.80 Å². The fourth-order valence-electron chi connectivity index (χ4n) is 3.71. The Morgan fingerprint density at radius 2 is 1.86 bits per heavy atom. The standard InChI is InChI=1S/C22H25N3O2S/c1-16-15-18(22(28-16)23-21(26)19-9-6-14-27-19)20(17-7-4-3-5-8-17)25-12-10-24(2)11-13-25/h3-9,14-15,20H,10-13H2,1-2H3,(H,23,26)/t20-/m1/s1. The summed E-state index contributed by atoms with van der Waals surface area (Å²) >= 11 is 1.62. The topological polar surface area (TPSA) is 48.7 Å². The van der Waals surface area contributed by atoms with Crippen LogP contribution in [0.15, 0.2) is 59.2 Å². The molecule has 1 aliphatic heterocycles. The fraction of sp³-hybridized carbons (Fsp3) is 0.318. The predicted octanol–water partition coefficient (Wildman–Crippen LogP) is 4.24. The minimum Gasteiger partial charge on any atom is -0.459 e. The van der Waals surface area contributed by atoms with E-state index in [0.29, 0.717) is 5.76 Å². The number of amides is 1. The number of aryl methyl sites for hydroxylation is 1. The van der Waals surface area contributed by atoms with Gasteiger partial charge in [0.15, 0.2) is 5.76 Å². The molecule has 3 aromatic rings. The van der Waals surface area contributed by atoms with Gasteiger partial charge < -0.3 is 14.6 Å². The van der Waals surface area contributed by atoms with Crippen LogP contribution in [0.1, 0.15) is 32.6 Å². The van der Waals surface area contributed by atoms with Crippen molar-refractivity contribution in [2.24, 2.45) is 0 Å². The molecule has 0 radical (unpaired) electrons. The first-order chi connectivity index (χ1) is 13.6. The minimum absolute atomic E-state index is 0.117. The Morgan fingerprint density at radius 1 is 1.11 bits per heavy atom. The lowest BCUT2D eigenvalue weighted by Crippen LogP contribution is -2.46. The Kier molecular flexibility index (Phi) is 5.62. The molecule has 5 nitrogen and oxygen atoms in total. The number of nitrogens with one attached hydrogen (secondary N) is 1. The van der Waals surface area contributed by atoms with Crippen molar-refractivity contribution in [1.29, 1.82) is 0 Å². The van der Waals surface area contributed by atoms with Crippen LogP contribution < -0.4 is 5.32 Å². The second kappa shape index (κ2) is 8.31. The number of carbonyl (C=O) groups excluding carboxylic acids is 1. The Balaban J connectivity index is 1.69. The van der Waals surface area contributed by atoms with Gasteiger partial charge >= 0.3 is 0 Å². The molecule has 0 unspecified atom stereocenters. The van der Waals surface area contributed by atoms with Crippen molar-refractivity contribution >= 4 is 22.2 Å². The number of furan rings is 1. The third kappa shape index (κ3) is 4.04. The van der Waals surface area contributed by atoms with Crippen LogP contribution in [0.25, 0.3) is 0 Å². The lowest BCUT2D eigenvalue weighted by Gasteiger charge is -2.38. The summed E-state index contributed by atoms with van der Waals surface area (Å²) in [7, 11) is 2.17. The Labute approximate surface area is 169 Å². The van der Waals surface area contributed by atoms with E-state index in [-0.39, 0.29) is 11.9 Å². The van der Waals surface area contributed by atoms with Gasteiger partial charge in [0.05, 0.1) is 12.3 Å². The molecule has 1 aliphatic rings. The number of anilines is 1. The molecule has 1 fully saturated rings. The highest BCUT2D eigenvalue weighted by Gasteiger charge is 2.29. The maximum atomic E-state index is 12.6. The van der Waals surface area contributed by atoms with Gasteiger partial charge in [0.2, 0.25) is 0 Å². The summed E-state index contributed by atoms with van der Waals surface area (Å²) in [6, 6.07) is 16.3. The van der Waals surface area contributed by atoms with Gasteiger partial charge in [-0.2, -0.15) is 0 Å². The Morgan fingerprint density at radius 3 is 2.54 bits per heavy atom. The van der Waals surface area contributed by atoms with E-state index in [2.05, 4.69) is 59.4 Å². The number of rotatable bonds is 5. The first kappa shape index (κ1) is 18.9.